The Morgan fingerprint density at radius 1 is 1.03 bits per heavy atom. The van der Waals surface area contributed by atoms with Crippen LogP contribution in [0.2, 0.25) is 5.02 Å². The first kappa shape index (κ1) is 27.7. The molecule has 0 heterocycles. The Hall–Kier alpha value is -2.58. The molecule has 2 aromatic rings. The predicted molar refractivity (Wildman–Crippen MR) is 137 cm³/mol. The Balaban J connectivity index is 2.13. The average molecular weight is 508 g/mol. The number of hydrogen-bond acceptors (Lipinski definition) is 4. The summed E-state index contributed by atoms with van der Waals surface area (Å²) in [5, 5.41) is 3.25. The minimum Gasteiger partial charge on any atom is -0.355 e. The molecule has 0 aliphatic carbocycles. The van der Waals surface area contributed by atoms with E-state index in [1.165, 1.54) is 4.31 Å². The normalized spacial score (nSPS) is 12.1. The topological polar surface area (TPSA) is 86.8 Å². The summed E-state index contributed by atoms with van der Waals surface area (Å²) in [5.41, 5.74) is 1.53. The van der Waals surface area contributed by atoms with Gasteiger partial charge < -0.3 is 10.2 Å². The first-order chi connectivity index (χ1) is 16.2. The summed E-state index contributed by atoms with van der Waals surface area (Å²) in [4.78, 5) is 27.5. The van der Waals surface area contributed by atoms with Gasteiger partial charge in [0.2, 0.25) is 21.8 Å². The number of likely N-dealkylation sites (N-methyl/N-ethyl adjacent to an activating group) is 1. The molecule has 186 valence electrons. The van der Waals surface area contributed by atoms with Crippen LogP contribution in [0, 0.1) is 0 Å². The minimum absolute atomic E-state index is 0.122. The van der Waals surface area contributed by atoms with Crippen LogP contribution in [-0.2, 0) is 26.0 Å². The number of nitrogens with zero attached hydrogens (tertiary/aromatic N) is 2. The molecular formula is C25H34ClN3O4S. The van der Waals surface area contributed by atoms with Crippen molar-refractivity contribution in [2.24, 2.45) is 0 Å². The van der Waals surface area contributed by atoms with Crippen LogP contribution in [-0.4, -0.2) is 57.1 Å². The van der Waals surface area contributed by atoms with Crippen LogP contribution in [0.15, 0.2) is 54.6 Å². The van der Waals surface area contributed by atoms with E-state index >= 15 is 0 Å². The number of halogens is 1. The van der Waals surface area contributed by atoms with Crippen molar-refractivity contribution < 1.29 is 18.0 Å². The minimum atomic E-state index is -3.56. The van der Waals surface area contributed by atoms with Crippen LogP contribution < -0.4 is 9.62 Å². The summed E-state index contributed by atoms with van der Waals surface area (Å²) in [6.45, 7) is 4.75. The number of benzene rings is 2. The molecule has 2 aromatic carbocycles. The smallest absolute Gasteiger partial charge is 0.242 e. The van der Waals surface area contributed by atoms with Crippen LogP contribution in [0.25, 0.3) is 0 Å². The molecule has 34 heavy (non-hydrogen) atoms. The fourth-order valence-electron chi connectivity index (χ4n) is 3.82. The van der Waals surface area contributed by atoms with Crippen LogP contribution in [0.4, 0.5) is 5.69 Å². The number of sulfonamides is 1. The second kappa shape index (κ2) is 13.3. The summed E-state index contributed by atoms with van der Waals surface area (Å²) in [6, 6.07) is 15.8. The Morgan fingerprint density at radius 2 is 1.74 bits per heavy atom. The standard InChI is InChI=1S/C25H34ClN3O4S/c1-4-23(25(31)27-5-2)28(18-16-20-11-7-6-8-12-20)24(30)15-10-17-29(34(3,32)33)22-14-9-13-21(26)19-22/h6-9,11-14,19,23H,4-5,10,15-18H2,1-3H3,(H,27,31). The van der Waals surface area contributed by atoms with Crippen molar-refractivity contribution in [3.05, 3.63) is 65.2 Å². The van der Waals surface area contributed by atoms with Crippen molar-refractivity contribution in [3.8, 4) is 0 Å². The SMILES string of the molecule is CCNC(=O)C(CC)N(CCc1ccccc1)C(=O)CCCN(c1cccc(Cl)c1)S(C)(=O)=O. The molecule has 0 spiro atoms. The van der Waals surface area contributed by atoms with E-state index in [4.69, 9.17) is 11.6 Å². The summed E-state index contributed by atoms with van der Waals surface area (Å²) in [5.74, 6) is -0.350. The molecule has 0 bridgehead atoms. The zero-order valence-corrected chi connectivity index (χ0v) is 21.6. The van der Waals surface area contributed by atoms with Crippen molar-refractivity contribution in [2.45, 2.75) is 45.6 Å². The largest absolute Gasteiger partial charge is 0.355 e. The number of carbonyl (C=O) groups is 2. The molecule has 0 fully saturated rings. The first-order valence-corrected chi connectivity index (χ1v) is 13.7. The van der Waals surface area contributed by atoms with E-state index in [0.717, 1.165) is 11.8 Å². The van der Waals surface area contributed by atoms with E-state index in [1.54, 1.807) is 29.2 Å². The highest BCUT2D eigenvalue weighted by atomic mass is 35.5. The van der Waals surface area contributed by atoms with Crippen LogP contribution in [0.3, 0.4) is 0 Å². The van der Waals surface area contributed by atoms with E-state index < -0.39 is 16.1 Å². The lowest BCUT2D eigenvalue weighted by Crippen LogP contribution is -2.50. The van der Waals surface area contributed by atoms with Gasteiger partial charge in [0, 0.05) is 31.1 Å². The van der Waals surface area contributed by atoms with Gasteiger partial charge in [0.25, 0.3) is 0 Å². The molecule has 1 atom stereocenters. The Bertz CT molecular complexity index is 1050. The molecule has 0 aromatic heterocycles. The molecule has 0 aliphatic heterocycles. The Morgan fingerprint density at radius 3 is 2.32 bits per heavy atom. The van der Waals surface area contributed by atoms with E-state index in [0.29, 0.717) is 43.1 Å². The summed E-state index contributed by atoms with van der Waals surface area (Å²) >= 11 is 6.04. The van der Waals surface area contributed by atoms with Gasteiger partial charge in [-0.15, -0.1) is 0 Å². The third-order valence-electron chi connectivity index (χ3n) is 5.47. The Kier molecular flexibility index (Phi) is 10.9. The van der Waals surface area contributed by atoms with Gasteiger partial charge in [-0.1, -0.05) is 54.9 Å². The Labute approximate surface area is 208 Å². The van der Waals surface area contributed by atoms with Crippen molar-refractivity contribution in [1.82, 2.24) is 10.2 Å². The molecule has 2 rings (SSSR count). The number of amides is 2. The second-order valence-corrected chi connectivity index (χ2v) is 10.4. The van der Waals surface area contributed by atoms with Gasteiger partial charge in [0.1, 0.15) is 6.04 Å². The molecule has 9 heteroatoms. The van der Waals surface area contributed by atoms with Gasteiger partial charge in [-0.2, -0.15) is 0 Å². The van der Waals surface area contributed by atoms with Crippen molar-refractivity contribution in [1.29, 1.82) is 0 Å². The molecule has 0 aliphatic rings. The predicted octanol–water partition coefficient (Wildman–Crippen LogP) is 3.87. The quantitative estimate of drug-likeness (QED) is 0.446. The molecule has 0 saturated heterocycles. The number of nitrogens with one attached hydrogen (secondary N) is 1. The molecule has 1 unspecified atom stereocenters. The number of anilines is 1. The highest BCUT2D eigenvalue weighted by Crippen LogP contribution is 2.22. The van der Waals surface area contributed by atoms with E-state index in [-0.39, 0.29) is 24.8 Å². The highest BCUT2D eigenvalue weighted by molar-refractivity contribution is 7.92. The van der Waals surface area contributed by atoms with Crippen LogP contribution >= 0.6 is 11.6 Å². The molecule has 7 nitrogen and oxygen atoms in total. The highest BCUT2D eigenvalue weighted by Gasteiger charge is 2.28. The fraction of sp³-hybridized carbons (Fsp3) is 0.440. The van der Waals surface area contributed by atoms with Crippen molar-refractivity contribution >= 4 is 39.1 Å². The lowest BCUT2D eigenvalue weighted by molar-refractivity contribution is -0.140. The van der Waals surface area contributed by atoms with E-state index in [9.17, 15) is 18.0 Å². The van der Waals surface area contributed by atoms with E-state index in [1.807, 2.05) is 44.2 Å². The van der Waals surface area contributed by atoms with E-state index in [2.05, 4.69) is 5.32 Å². The number of rotatable bonds is 13. The van der Waals surface area contributed by atoms with Crippen LogP contribution in [0.5, 0.6) is 0 Å². The maximum Gasteiger partial charge on any atom is 0.242 e. The van der Waals surface area contributed by atoms with Gasteiger partial charge in [0.05, 0.1) is 11.9 Å². The van der Waals surface area contributed by atoms with Gasteiger partial charge in [-0.3, -0.25) is 13.9 Å². The maximum atomic E-state index is 13.3. The lowest BCUT2D eigenvalue weighted by atomic mass is 10.1. The average Bonchev–Trinajstić information content (AvgIpc) is 2.79. The molecular weight excluding hydrogens is 474 g/mol. The third kappa shape index (κ3) is 8.33. The fourth-order valence-corrected chi connectivity index (χ4v) is 4.96. The van der Waals surface area contributed by atoms with Gasteiger partial charge >= 0.3 is 0 Å². The van der Waals surface area contributed by atoms with Gasteiger partial charge in [0.15, 0.2) is 0 Å². The van der Waals surface area contributed by atoms with Crippen molar-refractivity contribution in [2.75, 3.05) is 30.2 Å². The number of hydrogen-bond donors (Lipinski definition) is 1. The van der Waals surface area contributed by atoms with Crippen LogP contribution in [0.1, 0.15) is 38.7 Å². The molecule has 2 amide bonds. The molecule has 1 N–H and O–H groups in total. The molecule has 0 saturated carbocycles. The third-order valence-corrected chi connectivity index (χ3v) is 6.90. The van der Waals surface area contributed by atoms with Gasteiger partial charge in [-0.05, 0) is 49.9 Å². The monoisotopic (exact) mass is 507 g/mol. The summed E-state index contributed by atoms with van der Waals surface area (Å²) < 4.78 is 26.0. The maximum absolute atomic E-state index is 13.3. The number of carbonyl (C=O) groups excluding carboxylic acids is 2. The van der Waals surface area contributed by atoms with Gasteiger partial charge in [-0.25, -0.2) is 8.42 Å². The zero-order valence-electron chi connectivity index (χ0n) is 20.0. The van der Waals surface area contributed by atoms with Crippen molar-refractivity contribution in [3.63, 3.8) is 0 Å². The molecule has 0 radical (unpaired) electrons. The lowest BCUT2D eigenvalue weighted by Gasteiger charge is -2.31. The summed E-state index contributed by atoms with van der Waals surface area (Å²) in [6.07, 6.45) is 2.68. The zero-order chi connectivity index (χ0) is 25.1. The second-order valence-electron chi connectivity index (χ2n) is 8.06. The first-order valence-electron chi connectivity index (χ1n) is 11.5. The summed E-state index contributed by atoms with van der Waals surface area (Å²) in [7, 11) is -3.56.